The number of rotatable bonds is 5. The second-order valence-corrected chi connectivity index (χ2v) is 8.91. The van der Waals surface area contributed by atoms with Crippen LogP contribution >= 0.6 is 0 Å². The number of H-pyrrole nitrogens is 1. The minimum Gasteiger partial charge on any atom is -0.399 e. The Morgan fingerprint density at radius 1 is 1.00 bits per heavy atom. The molecule has 3 rings (SSSR count). The van der Waals surface area contributed by atoms with E-state index in [1.54, 1.807) is 18.2 Å². The lowest BCUT2D eigenvalue weighted by atomic mass is 10.3. The Hall–Kier alpha value is -3.33. The Bertz CT molecular complexity index is 1440. The van der Waals surface area contributed by atoms with Crippen molar-refractivity contribution < 1.29 is 25.9 Å². The fourth-order valence-electron chi connectivity index (χ4n) is 2.56. The molecule has 0 aliphatic heterocycles. The first-order valence-electron chi connectivity index (χ1n) is 8.06. The van der Waals surface area contributed by atoms with Gasteiger partial charge >= 0.3 is 0 Å². The highest BCUT2D eigenvalue weighted by molar-refractivity contribution is 7.86. The zero-order valence-corrected chi connectivity index (χ0v) is 16.8. The number of anilines is 1. The van der Waals surface area contributed by atoms with Crippen molar-refractivity contribution in [1.29, 1.82) is 0 Å². The molecule has 0 amide bonds. The lowest BCUT2D eigenvalue weighted by Gasteiger charge is -2.03. The van der Waals surface area contributed by atoms with Gasteiger partial charge in [-0.2, -0.15) is 16.8 Å². The topological polar surface area (TPSA) is 197 Å². The number of aromatic nitrogens is 2. The lowest BCUT2D eigenvalue weighted by Crippen LogP contribution is -2.14. The first kappa shape index (κ1) is 21.4. The average molecular weight is 453 g/mol. The van der Waals surface area contributed by atoms with Crippen LogP contribution in [-0.2, 0) is 20.2 Å². The van der Waals surface area contributed by atoms with Gasteiger partial charge in [-0.3, -0.25) is 19.0 Å². The second-order valence-electron chi connectivity index (χ2n) is 6.10. The molecular weight excluding hydrogens is 438 g/mol. The van der Waals surface area contributed by atoms with Crippen LogP contribution in [-0.4, -0.2) is 35.7 Å². The number of aryl methyl sites for hydroxylation is 1. The number of nitrogens with one attached hydrogen (secondary N) is 1. The van der Waals surface area contributed by atoms with Gasteiger partial charge in [-0.05, 0) is 43.3 Å². The van der Waals surface area contributed by atoms with Gasteiger partial charge in [0.1, 0.15) is 10.6 Å². The van der Waals surface area contributed by atoms with Crippen LogP contribution in [0.15, 0.2) is 67.3 Å². The number of nitrogens with zero attached hydrogens (tertiary/aromatic N) is 3. The normalized spacial score (nSPS) is 12.5. The monoisotopic (exact) mass is 453 g/mol. The summed E-state index contributed by atoms with van der Waals surface area (Å²) in [5, 5.41) is 10.1. The van der Waals surface area contributed by atoms with Gasteiger partial charge in [-0.25, -0.2) is 4.68 Å². The van der Waals surface area contributed by atoms with E-state index in [1.165, 1.54) is 13.0 Å². The fourth-order valence-corrected chi connectivity index (χ4v) is 3.66. The third-order valence-corrected chi connectivity index (χ3v) is 5.68. The van der Waals surface area contributed by atoms with Crippen LogP contribution in [0.3, 0.4) is 0 Å². The van der Waals surface area contributed by atoms with Crippen LogP contribution in [0, 0.1) is 6.92 Å². The highest BCUT2D eigenvalue weighted by Crippen LogP contribution is 2.29. The van der Waals surface area contributed by atoms with Crippen molar-refractivity contribution >= 4 is 37.3 Å². The van der Waals surface area contributed by atoms with Gasteiger partial charge in [0.15, 0.2) is 5.69 Å². The molecule has 0 aliphatic carbocycles. The van der Waals surface area contributed by atoms with Crippen molar-refractivity contribution in [3.05, 3.63) is 58.5 Å². The van der Waals surface area contributed by atoms with Crippen molar-refractivity contribution in [2.45, 2.75) is 16.7 Å². The molecule has 158 valence electrons. The molecule has 0 bridgehead atoms. The molecule has 12 nitrogen and oxygen atoms in total. The molecule has 0 unspecified atom stereocenters. The maximum absolute atomic E-state index is 12.7. The van der Waals surface area contributed by atoms with E-state index in [9.17, 15) is 26.2 Å². The summed E-state index contributed by atoms with van der Waals surface area (Å²) < 4.78 is 65.3. The van der Waals surface area contributed by atoms with E-state index < -0.39 is 41.3 Å². The highest BCUT2D eigenvalue weighted by Gasteiger charge is 2.20. The maximum Gasteiger partial charge on any atom is 0.299 e. The molecule has 0 aliphatic rings. The van der Waals surface area contributed by atoms with Crippen LogP contribution in [0.25, 0.3) is 5.69 Å². The molecule has 3 aromatic rings. The van der Waals surface area contributed by atoms with Gasteiger partial charge in [-0.15, -0.1) is 10.2 Å². The van der Waals surface area contributed by atoms with Crippen LogP contribution in [0.4, 0.5) is 17.1 Å². The number of hydrogen-bond acceptors (Lipinski definition) is 8. The summed E-state index contributed by atoms with van der Waals surface area (Å²) in [5.74, 6) is 0. The molecule has 0 radical (unpaired) electrons. The molecule has 0 saturated carbocycles. The van der Waals surface area contributed by atoms with E-state index in [0.717, 1.165) is 16.8 Å². The van der Waals surface area contributed by atoms with Gasteiger partial charge in [0.05, 0.1) is 16.3 Å². The van der Waals surface area contributed by atoms with Gasteiger partial charge in [0.25, 0.3) is 25.8 Å². The Balaban J connectivity index is 2.14. The van der Waals surface area contributed by atoms with Crippen molar-refractivity contribution in [3.63, 3.8) is 0 Å². The van der Waals surface area contributed by atoms with E-state index >= 15 is 0 Å². The summed E-state index contributed by atoms with van der Waals surface area (Å²) >= 11 is 0. The third-order valence-electron chi connectivity index (χ3n) is 3.93. The van der Waals surface area contributed by atoms with Crippen LogP contribution in [0.1, 0.15) is 5.69 Å². The molecule has 0 atom stereocenters. The number of nitrogen functional groups attached to an aromatic ring is 1. The SMILES string of the molecule is Cc1[nH]n(-c2cccc(N)c2)c(=O)c1N=Nc1cc(S(=O)(=O)O)ccc1S(=O)(=O)O. The predicted octanol–water partition coefficient (Wildman–Crippen LogP) is 1.97. The summed E-state index contributed by atoms with van der Waals surface area (Å²) in [6.07, 6.45) is 0. The standard InChI is InChI=1S/C16H15N5O7S2/c1-9-15(16(22)21(20-9)11-4-2-3-10(17)7-11)19-18-13-8-12(29(23,24)25)5-6-14(13)30(26,27)28/h2-8,20H,17H2,1H3,(H,23,24,25)(H,26,27,28). The largest absolute Gasteiger partial charge is 0.399 e. The summed E-state index contributed by atoms with van der Waals surface area (Å²) in [6.45, 7) is 1.51. The highest BCUT2D eigenvalue weighted by atomic mass is 32.2. The number of aromatic amines is 1. The van der Waals surface area contributed by atoms with Crippen molar-refractivity contribution in [3.8, 4) is 5.69 Å². The lowest BCUT2D eigenvalue weighted by molar-refractivity contribution is 0.478. The summed E-state index contributed by atoms with van der Waals surface area (Å²) in [6, 6.07) is 8.61. The van der Waals surface area contributed by atoms with E-state index in [2.05, 4.69) is 15.3 Å². The Morgan fingerprint density at radius 3 is 2.30 bits per heavy atom. The van der Waals surface area contributed by atoms with Gasteiger partial charge in [-0.1, -0.05) is 6.07 Å². The minimum absolute atomic E-state index is 0.198. The summed E-state index contributed by atoms with van der Waals surface area (Å²) in [7, 11) is -9.48. The quantitative estimate of drug-likeness (QED) is 0.255. The van der Waals surface area contributed by atoms with Crippen LogP contribution in [0.2, 0.25) is 0 Å². The van der Waals surface area contributed by atoms with Crippen molar-refractivity contribution in [1.82, 2.24) is 9.78 Å². The number of azo groups is 1. The minimum atomic E-state index is -4.80. The second kappa shape index (κ2) is 7.49. The number of nitrogens with two attached hydrogens (primary N) is 1. The first-order valence-corrected chi connectivity index (χ1v) is 10.9. The predicted molar refractivity (Wildman–Crippen MR) is 106 cm³/mol. The molecule has 2 aromatic carbocycles. The number of benzene rings is 2. The zero-order chi connectivity index (χ0) is 22.3. The van der Waals surface area contributed by atoms with Gasteiger partial charge in [0.2, 0.25) is 0 Å². The Morgan fingerprint density at radius 2 is 1.70 bits per heavy atom. The molecule has 1 heterocycles. The molecule has 0 spiro atoms. The molecule has 14 heteroatoms. The van der Waals surface area contributed by atoms with Crippen molar-refractivity contribution in [2.75, 3.05) is 5.73 Å². The molecule has 0 saturated heterocycles. The fraction of sp³-hybridized carbons (Fsp3) is 0.0625. The molecule has 0 fully saturated rings. The summed E-state index contributed by atoms with van der Waals surface area (Å²) in [5.41, 5.74) is 5.37. The van der Waals surface area contributed by atoms with Gasteiger partial charge < -0.3 is 5.73 Å². The van der Waals surface area contributed by atoms with E-state index in [0.29, 0.717) is 17.4 Å². The molecule has 30 heavy (non-hydrogen) atoms. The maximum atomic E-state index is 12.7. The number of hydrogen-bond donors (Lipinski definition) is 4. The molecule has 1 aromatic heterocycles. The van der Waals surface area contributed by atoms with E-state index in [1.807, 2.05) is 0 Å². The third kappa shape index (κ3) is 4.30. The van der Waals surface area contributed by atoms with Gasteiger partial charge in [0, 0.05) is 5.69 Å². The van der Waals surface area contributed by atoms with E-state index in [4.69, 9.17) is 10.3 Å². The van der Waals surface area contributed by atoms with E-state index in [-0.39, 0.29) is 11.4 Å². The molecular formula is C16H15N5O7S2. The van der Waals surface area contributed by atoms with Crippen LogP contribution < -0.4 is 11.3 Å². The zero-order valence-electron chi connectivity index (χ0n) is 15.2. The van der Waals surface area contributed by atoms with Crippen LogP contribution in [0.5, 0.6) is 0 Å². The first-order chi connectivity index (χ1) is 13.9. The average Bonchev–Trinajstić information content (AvgIpc) is 2.92. The van der Waals surface area contributed by atoms with Crippen molar-refractivity contribution in [2.24, 2.45) is 10.2 Å². The Labute approximate surface area is 170 Å². The smallest absolute Gasteiger partial charge is 0.299 e. The molecule has 5 N–H and O–H groups in total. The summed E-state index contributed by atoms with van der Waals surface area (Å²) in [4.78, 5) is 11.2. The Kier molecular flexibility index (Phi) is 5.34.